The Morgan fingerprint density at radius 3 is 2.60 bits per heavy atom. The molecule has 5 N–H and O–H groups in total. The number of rotatable bonds is 13. The van der Waals surface area contributed by atoms with Crippen molar-refractivity contribution < 1.29 is 53.0 Å². The summed E-state index contributed by atoms with van der Waals surface area (Å²) in [6, 6.07) is 6.73. The van der Waals surface area contributed by atoms with Crippen molar-refractivity contribution in [3.8, 4) is 29.4 Å². The molecule has 0 radical (unpaired) electrons. The Kier molecular flexibility index (Phi) is 16.4. The highest BCUT2D eigenvalue weighted by atomic mass is 33.1. The van der Waals surface area contributed by atoms with Crippen LogP contribution in [0.1, 0.15) is 64.4 Å². The Bertz CT molecular complexity index is 2640. The lowest BCUT2D eigenvalue weighted by molar-refractivity contribution is -0.313. The summed E-state index contributed by atoms with van der Waals surface area (Å²) in [6.07, 6.45) is -0.0144. The Hall–Kier alpha value is -4.57. The van der Waals surface area contributed by atoms with Crippen molar-refractivity contribution in [2.24, 2.45) is 5.41 Å². The van der Waals surface area contributed by atoms with Crippen LogP contribution in [0.2, 0.25) is 0 Å². The summed E-state index contributed by atoms with van der Waals surface area (Å²) in [5.41, 5.74) is 0.164. The number of aromatic nitrogens is 2. The maximum Gasteiger partial charge on any atom is 0.411 e. The van der Waals surface area contributed by atoms with E-state index in [9.17, 15) is 19.8 Å². The number of H-pyrrole nitrogens is 1. The van der Waals surface area contributed by atoms with Crippen LogP contribution in [0.4, 0.5) is 4.79 Å². The molecule has 2 aliphatic heterocycles. The van der Waals surface area contributed by atoms with Gasteiger partial charge in [0.05, 0.1) is 54.7 Å². The monoisotopic (exact) mass is 948 g/mol. The highest BCUT2D eigenvalue weighted by Gasteiger charge is 2.52. The SMILES string of the molecule is CC#C/C=C\C#C[C@H](OC1OC(C)C(C)(C(=O)c2nccc3c2[nH]c2ccc(O)cc23)CC1OC1CC(OC)C(NC(C)C)CO1)C1=C(NC(=O)OC)C(=O)C[C@H](O)/C1=C/CS(C)(=S)=S. The number of benzene rings is 1. The summed E-state index contributed by atoms with van der Waals surface area (Å²) >= 11 is 11.1. The molecule has 65 heavy (non-hydrogen) atoms. The van der Waals surface area contributed by atoms with Gasteiger partial charge in [-0.05, 0) is 97.8 Å². The Morgan fingerprint density at radius 2 is 1.91 bits per heavy atom. The summed E-state index contributed by atoms with van der Waals surface area (Å²) in [7, 11) is 0.786. The number of ketones is 2. The van der Waals surface area contributed by atoms with Crippen LogP contribution in [0.3, 0.4) is 0 Å². The number of hydrogen-bond donors (Lipinski definition) is 5. The van der Waals surface area contributed by atoms with E-state index in [0.717, 1.165) is 12.5 Å². The van der Waals surface area contributed by atoms with Gasteiger partial charge in [0.25, 0.3) is 0 Å². The minimum absolute atomic E-state index is 0.0260. The summed E-state index contributed by atoms with van der Waals surface area (Å²) in [5, 5.41) is 29.2. The normalized spacial score (nSPS) is 27.4. The number of nitrogens with one attached hydrogen (secondary N) is 3. The second-order valence-electron chi connectivity index (χ2n) is 16.7. The van der Waals surface area contributed by atoms with E-state index < -0.39 is 61.4 Å². The molecule has 1 amide bonds. The third kappa shape index (κ3) is 11.7. The number of aromatic amines is 1. The molecule has 0 bridgehead atoms. The molecule has 1 aliphatic carbocycles. The van der Waals surface area contributed by atoms with Crippen LogP contribution in [-0.4, -0.2) is 126 Å². The number of nitrogens with zero attached hydrogens (tertiary/aromatic N) is 1. The number of pyridine rings is 1. The Labute approximate surface area is 388 Å². The smallest absolute Gasteiger partial charge is 0.411 e. The third-order valence-corrected chi connectivity index (χ3v) is 13.3. The van der Waals surface area contributed by atoms with Gasteiger partial charge in [-0.15, -0.1) is 5.92 Å². The van der Waals surface area contributed by atoms with Crippen LogP contribution in [0.15, 0.2) is 65.5 Å². The first kappa shape index (κ1) is 49.9. The van der Waals surface area contributed by atoms with Crippen LogP contribution in [-0.2, 0) is 62.7 Å². The zero-order valence-electron chi connectivity index (χ0n) is 37.6. The van der Waals surface area contributed by atoms with Crippen molar-refractivity contribution in [3.63, 3.8) is 0 Å². The molecule has 3 aliphatic rings. The molecule has 2 saturated heterocycles. The number of amides is 1. The van der Waals surface area contributed by atoms with Gasteiger partial charge in [-0.1, -0.05) is 44.8 Å². The topological polar surface area (TPSA) is 200 Å². The average molecular weight is 949 g/mol. The number of Topliss-reactive ketones (excluding diaryl/α,β-unsaturated/α-hetero) is 2. The number of aliphatic hydroxyl groups is 1. The van der Waals surface area contributed by atoms with Gasteiger partial charge in [-0.2, -0.15) is 0 Å². The maximum absolute atomic E-state index is 15.1. The van der Waals surface area contributed by atoms with Crippen molar-refractivity contribution in [1.82, 2.24) is 20.6 Å². The molecule has 6 rings (SSSR count). The second-order valence-corrected chi connectivity index (χ2v) is 24.0. The fourth-order valence-corrected chi connectivity index (χ4v) is 9.17. The summed E-state index contributed by atoms with van der Waals surface area (Å²) in [5.74, 6) is 10.9. The van der Waals surface area contributed by atoms with E-state index in [-0.39, 0.29) is 77.5 Å². The molecule has 0 saturated carbocycles. The number of hydrogen-bond acceptors (Lipinski definition) is 15. The number of allylic oxidation sites excluding steroid dienone is 3. The summed E-state index contributed by atoms with van der Waals surface area (Å²) in [6.45, 7) is 9.53. The first-order valence-electron chi connectivity index (χ1n) is 21.1. The van der Waals surface area contributed by atoms with Crippen LogP contribution in [0.5, 0.6) is 5.75 Å². The number of carbonyl (C=O) groups excluding carboxylic acids is 3. The number of carbonyl (C=O) groups is 3. The lowest BCUT2D eigenvalue weighted by atomic mass is 9.72. The minimum atomic E-state index is -1.99. The molecule has 3 aromatic rings. The number of fused-ring (bicyclic) bond motifs is 3. The zero-order chi connectivity index (χ0) is 47.2. The number of phenols is 1. The molecule has 2 aromatic heterocycles. The molecular weight excluding hydrogens is 893 g/mol. The molecule has 18 heteroatoms. The van der Waals surface area contributed by atoms with Gasteiger partial charge in [-0.25, -0.2) is 4.79 Å². The number of alkyl carbamates (subject to hydrolysis) is 1. The van der Waals surface area contributed by atoms with Crippen molar-refractivity contribution in [1.29, 1.82) is 0 Å². The number of methoxy groups -OCH3 is 2. The highest BCUT2D eigenvalue weighted by Crippen LogP contribution is 2.44. The van der Waals surface area contributed by atoms with Gasteiger partial charge in [0.15, 0.2) is 24.1 Å². The molecule has 2 fully saturated rings. The van der Waals surface area contributed by atoms with Gasteiger partial charge < -0.3 is 48.9 Å². The molecule has 0 spiro atoms. The van der Waals surface area contributed by atoms with Gasteiger partial charge >= 0.3 is 6.09 Å². The summed E-state index contributed by atoms with van der Waals surface area (Å²) in [4.78, 5) is 49.5. The lowest BCUT2D eigenvalue weighted by Crippen LogP contribution is -2.57. The first-order chi connectivity index (χ1) is 30.9. The van der Waals surface area contributed by atoms with Crippen LogP contribution in [0.25, 0.3) is 21.8 Å². The Balaban J connectivity index is 1.46. The van der Waals surface area contributed by atoms with Crippen molar-refractivity contribution in [3.05, 3.63) is 71.2 Å². The van der Waals surface area contributed by atoms with E-state index in [4.69, 9.17) is 50.8 Å². The Morgan fingerprint density at radius 1 is 1.15 bits per heavy atom. The third-order valence-electron chi connectivity index (χ3n) is 11.7. The minimum Gasteiger partial charge on any atom is -0.508 e. The molecule has 4 heterocycles. The predicted molar refractivity (Wildman–Crippen MR) is 253 cm³/mol. The van der Waals surface area contributed by atoms with E-state index in [2.05, 4.69) is 44.3 Å². The van der Waals surface area contributed by atoms with Crippen molar-refractivity contribution in [2.75, 3.05) is 32.8 Å². The number of aliphatic hydroxyl groups excluding tert-OH is 1. The first-order valence-corrected chi connectivity index (χ1v) is 25.2. The molecule has 348 valence electrons. The van der Waals surface area contributed by atoms with Crippen LogP contribution >= 0.6 is 0 Å². The lowest BCUT2D eigenvalue weighted by Gasteiger charge is -2.47. The van der Waals surface area contributed by atoms with Gasteiger partial charge in [0.1, 0.15) is 23.7 Å². The maximum atomic E-state index is 15.1. The largest absolute Gasteiger partial charge is 0.508 e. The molecule has 7 unspecified atom stereocenters. The standard InChI is InChI=1S/C47H56N4O11S3/c1-9-10-11-12-13-14-36(40-30(18-20-65(8,63)64)34(53)22-35(54)42(40)51-46(56)58-7)62-45-38(61-39-23-37(57-6)33(25-59-39)49-26(2)3)24-47(5,27(4)60-45)44(55)43-41-29(17-19-48-43)31-21-28(52)15-16-32(31)50-41/h11-12,15-19,21,26-27,33-34,36-39,45,49-50,52-53H,20,22-25H2,1-8H3,(H,51,56)/b12-11-,30-18-/t27?,33?,34-,36-,37?,38?,39?,45?,47?/m0/s1. The van der Waals surface area contributed by atoms with E-state index >= 15 is 4.79 Å². The predicted octanol–water partition coefficient (Wildman–Crippen LogP) is 4.80. The average Bonchev–Trinajstić information content (AvgIpc) is 3.62. The summed E-state index contributed by atoms with van der Waals surface area (Å²) < 4.78 is 37.5. The fraction of sp³-hybridized carbons (Fsp3) is 0.489. The quantitative estimate of drug-likeness (QED) is 0.116. The zero-order valence-corrected chi connectivity index (χ0v) is 40.0. The van der Waals surface area contributed by atoms with Crippen molar-refractivity contribution >= 4 is 69.0 Å². The highest BCUT2D eigenvalue weighted by molar-refractivity contribution is 8.56. The van der Waals surface area contributed by atoms with Crippen LogP contribution in [0, 0.1) is 29.1 Å². The molecule has 1 aromatic carbocycles. The van der Waals surface area contributed by atoms with E-state index in [0.29, 0.717) is 22.8 Å². The van der Waals surface area contributed by atoms with E-state index in [1.54, 1.807) is 70.7 Å². The number of ether oxygens (including phenoxy) is 6. The number of aromatic hydroxyl groups is 1. The van der Waals surface area contributed by atoms with Gasteiger partial charge in [-0.3, -0.25) is 19.9 Å². The molecule has 9 atom stereocenters. The number of phenolic OH excluding ortho intramolecular Hbond substituents is 1. The van der Waals surface area contributed by atoms with Gasteiger partial charge in [0.2, 0.25) is 0 Å². The molecule has 15 nitrogen and oxygen atoms in total. The van der Waals surface area contributed by atoms with Gasteiger partial charge in [0, 0.05) is 59.8 Å². The van der Waals surface area contributed by atoms with Crippen molar-refractivity contribution in [2.45, 2.75) is 109 Å². The van der Waals surface area contributed by atoms with Crippen LogP contribution < -0.4 is 10.6 Å². The molecular formula is C47H56N4O11S3. The fourth-order valence-electron chi connectivity index (χ4n) is 8.28. The van der Waals surface area contributed by atoms with E-state index in [1.807, 2.05) is 13.8 Å². The van der Waals surface area contributed by atoms with E-state index in [1.165, 1.54) is 12.2 Å². The second kappa shape index (κ2) is 21.4.